The molecule has 0 saturated heterocycles. The van der Waals surface area contributed by atoms with E-state index < -0.39 is 5.82 Å². The normalized spacial score (nSPS) is 10.2. The van der Waals surface area contributed by atoms with Crippen molar-refractivity contribution in [2.45, 2.75) is 6.42 Å². The highest BCUT2D eigenvalue weighted by molar-refractivity contribution is 6.30. The van der Waals surface area contributed by atoms with Crippen LogP contribution < -0.4 is 4.74 Å². The van der Waals surface area contributed by atoms with Crippen LogP contribution in [0.1, 0.15) is 5.56 Å². The Balaban J connectivity index is 1.88. The molecule has 0 bridgehead atoms. The summed E-state index contributed by atoms with van der Waals surface area (Å²) in [4.78, 5) is 11.7. The molecule has 0 N–H and O–H groups in total. The predicted octanol–water partition coefficient (Wildman–Crippen LogP) is 3.67. The summed E-state index contributed by atoms with van der Waals surface area (Å²) in [6.45, 7) is -0.0587. The van der Waals surface area contributed by atoms with Gasteiger partial charge in [-0.2, -0.15) is 0 Å². The van der Waals surface area contributed by atoms with Gasteiger partial charge in [-0.15, -0.1) is 0 Å². The van der Waals surface area contributed by atoms with Crippen LogP contribution in [0.5, 0.6) is 5.75 Å². The van der Waals surface area contributed by atoms with Crippen LogP contribution in [-0.2, 0) is 11.2 Å². The first-order chi connectivity index (χ1) is 9.15. The third kappa shape index (κ3) is 4.07. The molecule has 0 aliphatic heterocycles. The molecule has 0 unspecified atom stereocenters. The van der Waals surface area contributed by atoms with Crippen molar-refractivity contribution in [3.05, 3.63) is 64.9 Å². The molecule has 4 heteroatoms. The molecule has 0 radical (unpaired) electrons. The smallest absolute Gasteiger partial charge is 0.174 e. The fraction of sp³-hybridized carbons (Fsp3) is 0.133. The molecule has 0 aliphatic carbocycles. The second-order valence-electron chi connectivity index (χ2n) is 4.07. The Hall–Kier alpha value is -1.87. The van der Waals surface area contributed by atoms with Crippen molar-refractivity contribution >= 4 is 17.4 Å². The Kier molecular flexibility index (Phi) is 4.53. The second-order valence-corrected chi connectivity index (χ2v) is 4.47. The van der Waals surface area contributed by atoms with Crippen molar-refractivity contribution in [3.63, 3.8) is 0 Å². The van der Waals surface area contributed by atoms with E-state index in [-0.39, 0.29) is 17.4 Å². The fourth-order valence-electron chi connectivity index (χ4n) is 1.61. The lowest BCUT2D eigenvalue weighted by molar-refractivity contribution is -0.120. The van der Waals surface area contributed by atoms with Crippen molar-refractivity contribution in [2.24, 2.45) is 0 Å². The van der Waals surface area contributed by atoms with Crippen molar-refractivity contribution in [2.75, 3.05) is 6.61 Å². The van der Waals surface area contributed by atoms with E-state index in [1.807, 2.05) is 30.3 Å². The molecule has 0 aromatic heterocycles. The lowest BCUT2D eigenvalue weighted by atomic mass is 10.1. The van der Waals surface area contributed by atoms with E-state index in [1.165, 1.54) is 18.2 Å². The number of benzene rings is 2. The molecule has 98 valence electrons. The molecule has 19 heavy (non-hydrogen) atoms. The average Bonchev–Trinajstić information content (AvgIpc) is 2.41. The van der Waals surface area contributed by atoms with E-state index in [0.29, 0.717) is 12.2 Å². The summed E-state index contributed by atoms with van der Waals surface area (Å²) in [5.74, 6) is -0.177. The first-order valence-electron chi connectivity index (χ1n) is 5.78. The number of carbonyl (C=O) groups excluding carboxylic acids is 1. The molecule has 0 aliphatic rings. The van der Waals surface area contributed by atoms with E-state index in [1.54, 1.807) is 0 Å². The van der Waals surface area contributed by atoms with Gasteiger partial charge in [0.1, 0.15) is 18.2 Å². The maximum absolute atomic E-state index is 12.9. The van der Waals surface area contributed by atoms with Gasteiger partial charge in [0.15, 0.2) is 5.78 Å². The zero-order chi connectivity index (χ0) is 13.7. The second kappa shape index (κ2) is 6.34. The molecule has 0 spiro atoms. The van der Waals surface area contributed by atoms with E-state index in [9.17, 15) is 9.18 Å². The monoisotopic (exact) mass is 278 g/mol. The van der Waals surface area contributed by atoms with Gasteiger partial charge >= 0.3 is 0 Å². The predicted molar refractivity (Wildman–Crippen MR) is 72.1 cm³/mol. The average molecular weight is 279 g/mol. The number of ether oxygens (including phenoxy) is 1. The van der Waals surface area contributed by atoms with Crippen molar-refractivity contribution < 1.29 is 13.9 Å². The van der Waals surface area contributed by atoms with Gasteiger partial charge in [0.05, 0.1) is 5.02 Å². The van der Waals surface area contributed by atoms with Crippen molar-refractivity contribution in [3.8, 4) is 5.75 Å². The molecule has 0 fully saturated rings. The Labute approximate surface area is 115 Å². The summed E-state index contributed by atoms with van der Waals surface area (Å²) in [7, 11) is 0. The van der Waals surface area contributed by atoms with Crippen molar-refractivity contribution in [1.82, 2.24) is 0 Å². The van der Waals surface area contributed by atoms with Crippen LogP contribution in [0.25, 0.3) is 0 Å². The molecule has 2 nitrogen and oxygen atoms in total. The Morgan fingerprint density at radius 1 is 1.16 bits per heavy atom. The summed E-state index contributed by atoms with van der Waals surface area (Å²) in [6, 6.07) is 13.4. The van der Waals surface area contributed by atoms with E-state index in [0.717, 1.165) is 5.56 Å². The molecule has 2 aromatic rings. The van der Waals surface area contributed by atoms with E-state index in [2.05, 4.69) is 0 Å². The first-order valence-corrected chi connectivity index (χ1v) is 6.16. The van der Waals surface area contributed by atoms with Crippen LogP contribution in [0.4, 0.5) is 4.39 Å². The summed E-state index contributed by atoms with van der Waals surface area (Å²) >= 11 is 5.62. The number of carbonyl (C=O) groups is 1. The summed E-state index contributed by atoms with van der Waals surface area (Å²) in [5, 5.41) is -0.0204. The van der Waals surface area contributed by atoms with Gasteiger partial charge in [0, 0.05) is 12.5 Å². The van der Waals surface area contributed by atoms with E-state index >= 15 is 0 Å². The molecule has 0 heterocycles. The highest BCUT2D eigenvalue weighted by Gasteiger charge is 2.06. The molecule has 2 rings (SSSR count). The van der Waals surface area contributed by atoms with Gasteiger partial charge in [-0.3, -0.25) is 4.79 Å². The van der Waals surface area contributed by atoms with Gasteiger partial charge in [-0.25, -0.2) is 4.39 Å². The minimum atomic E-state index is -0.510. The summed E-state index contributed by atoms with van der Waals surface area (Å²) in [5.41, 5.74) is 0.938. The molecular formula is C15H12ClFO2. The topological polar surface area (TPSA) is 26.3 Å². The van der Waals surface area contributed by atoms with Crippen LogP contribution >= 0.6 is 11.6 Å². The van der Waals surface area contributed by atoms with Gasteiger partial charge in [0.2, 0.25) is 0 Å². The largest absolute Gasteiger partial charge is 0.486 e. The third-order valence-electron chi connectivity index (χ3n) is 2.54. The van der Waals surface area contributed by atoms with Crippen LogP contribution in [0.3, 0.4) is 0 Å². The molecule has 0 saturated carbocycles. The Morgan fingerprint density at radius 3 is 2.58 bits per heavy atom. The van der Waals surface area contributed by atoms with Gasteiger partial charge < -0.3 is 4.74 Å². The number of ketones is 1. The van der Waals surface area contributed by atoms with Crippen molar-refractivity contribution in [1.29, 1.82) is 0 Å². The highest BCUT2D eigenvalue weighted by atomic mass is 35.5. The summed E-state index contributed by atoms with van der Waals surface area (Å²) < 4.78 is 18.2. The number of rotatable bonds is 5. The van der Waals surface area contributed by atoms with Crippen LogP contribution in [0.2, 0.25) is 5.02 Å². The standard InChI is InChI=1S/C15H12ClFO2/c16-14-9-13(6-7-15(14)17)19-10-12(18)8-11-4-2-1-3-5-11/h1-7,9H,8,10H2. The lowest BCUT2D eigenvalue weighted by Gasteiger charge is -2.06. The minimum Gasteiger partial charge on any atom is -0.486 e. The lowest BCUT2D eigenvalue weighted by Crippen LogP contribution is -2.13. The zero-order valence-electron chi connectivity index (χ0n) is 10.1. The highest BCUT2D eigenvalue weighted by Crippen LogP contribution is 2.21. The Bertz CT molecular complexity index is 570. The van der Waals surface area contributed by atoms with Gasteiger partial charge in [-0.05, 0) is 17.7 Å². The van der Waals surface area contributed by atoms with E-state index in [4.69, 9.17) is 16.3 Å². The number of hydrogen-bond acceptors (Lipinski definition) is 2. The maximum Gasteiger partial charge on any atom is 0.174 e. The minimum absolute atomic E-state index is 0.0204. The number of Topliss-reactive ketones (excluding diaryl/α,β-unsaturated/α-hetero) is 1. The molecule has 0 amide bonds. The SMILES string of the molecule is O=C(COc1ccc(F)c(Cl)c1)Cc1ccccc1. The van der Waals surface area contributed by atoms with Crippen LogP contribution in [0.15, 0.2) is 48.5 Å². The quantitative estimate of drug-likeness (QED) is 0.834. The molecule has 0 atom stereocenters. The zero-order valence-corrected chi connectivity index (χ0v) is 10.9. The number of hydrogen-bond donors (Lipinski definition) is 0. The first kappa shape index (κ1) is 13.6. The molecule has 2 aromatic carbocycles. The molecular weight excluding hydrogens is 267 g/mol. The fourth-order valence-corrected chi connectivity index (χ4v) is 1.78. The summed E-state index contributed by atoms with van der Waals surface area (Å²) in [6.07, 6.45) is 0.315. The number of halogens is 2. The third-order valence-corrected chi connectivity index (χ3v) is 2.82. The van der Waals surface area contributed by atoms with Gasteiger partial charge in [0.25, 0.3) is 0 Å². The Morgan fingerprint density at radius 2 is 1.89 bits per heavy atom. The van der Waals surface area contributed by atoms with Gasteiger partial charge in [-0.1, -0.05) is 41.9 Å². The van der Waals surface area contributed by atoms with Crippen LogP contribution in [-0.4, -0.2) is 12.4 Å². The maximum atomic E-state index is 12.9. The van der Waals surface area contributed by atoms with Crippen LogP contribution in [0, 0.1) is 5.82 Å².